The Kier molecular flexibility index (Phi) is 3.91. The highest BCUT2D eigenvalue weighted by molar-refractivity contribution is 5.36. The molecule has 1 fully saturated rings. The third kappa shape index (κ3) is 2.37. The number of methoxy groups -OCH3 is 1. The maximum Gasteiger partial charge on any atom is 0.170 e. The maximum absolute atomic E-state index is 14.3. The van der Waals surface area contributed by atoms with Crippen LogP contribution in [-0.2, 0) is 5.54 Å². The van der Waals surface area contributed by atoms with Gasteiger partial charge >= 0.3 is 0 Å². The molecule has 3 heteroatoms. The lowest BCUT2D eigenvalue weighted by Gasteiger charge is -2.38. The monoisotopic (exact) mass is 251 g/mol. The zero-order valence-electron chi connectivity index (χ0n) is 11.2. The van der Waals surface area contributed by atoms with Crippen molar-refractivity contribution >= 4 is 0 Å². The van der Waals surface area contributed by atoms with Crippen LogP contribution in [0.3, 0.4) is 0 Å². The van der Waals surface area contributed by atoms with Gasteiger partial charge in [0.05, 0.1) is 7.11 Å². The van der Waals surface area contributed by atoms with Crippen LogP contribution in [0.15, 0.2) is 18.2 Å². The normalized spacial score (nSPS) is 28.1. The first-order valence-electron chi connectivity index (χ1n) is 6.72. The number of halogens is 1. The van der Waals surface area contributed by atoms with E-state index in [1.807, 2.05) is 6.07 Å². The summed E-state index contributed by atoms with van der Waals surface area (Å²) in [5.74, 6) is 0.601. The van der Waals surface area contributed by atoms with Crippen molar-refractivity contribution in [1.82, 2.24) is 0 Å². The summed E-state index contributed by atoms with van der Waals surface area (Å²) in [5, 5.41) is 0. The smallest absolute Gasteiger partial charge is 0.170 e. The third-order valence-electron chi connectivity index (χ3n) is 4.19. The van der Waals surface area contributed by atoms with E-state index in [-0.39, 0.29) is 11.6 Å². The SMILES string of the molecule is CCC1CCCC(N)(c2cccc(OC)c2F)C1. The van der Waals surface area contributed by atoms with Crippen LogP contribution in [0.1, 0.15) is 44.6 Å². The van der Waals surface area contributed by atoms with Gasteiger partial charge in [-0.25, -0.2) is 4.39 Å². The zero-order valence-corrected chi connectivity index (χ0v) is 11.2. The Balaban J connectivity index is 2.34. The quantitative estimate of drug-likeness (QED) is 0.891. The van der Waals surface area contributed by atoms with Crippen LogP contribution < -0.4 is 10.5 Å². The maximum atomic E-state index is 14.3. The molecule has 1 saturated carbocycles. The summed E-state index contributed by atoms with van der Waals surface area (Å²) in [5.41, 5.74) is 6.56. The van der Waals surface area contributed by atoms with Crippen LogP contribution in [0.25, 0.3) is 0 Å². The van der Waals surface area contributed by atoms with Gasteiger partial charge in [-0.15, -0.1) is 0 Å². The standard InChI is InChI=1S/C15H22FNO/c1-3-11-6-5-9-15(17,10-11)12-7-4-8-13(18-2)14(12)16/h4,7-8,11H,3,5-6,9-10,17H2,1-2H3. The average Bonchev–Trinajstić information content (AvgIpc) is 2.38. The lowest BCUT2D eigenvalue weighted by Crippen LogP contribution is -2.42. The number of nitrogens with two attached hydrogens (primary N) is 1. The number of hydrogen-bond donors (Lipinski definition) is 1. The van der Waals surface area contributed by atoms with Gasteiger partial charge in [-0.05, 0) is 24.8 Å². The number of benzene rings is 1. The van der Waals surface area contributed by atoms with E-state index in [0.717, 1.165) is 25.7 Å². The van der Waals surface area contributed by atoms with Crippen molar-refractivity contribution < 1.29 is 9.13 Å². The molecule has 100 valence electrons. The van der Waals surface area contributed by atoms with E-state index >= 15 is 0 Å². The third-order valence-corrected chi connectivity index (χ3v) is 4.19. The summed E-state index contributed by atoms with van der Waals surface area (Å²) >= 11 is 0. The zero-order chi connectivity index (χ0) is 13.2. The van der Waals surface area contributed by atoms with Crippen LogP contribution in [0, 0.1) is 11.7 Å². The van der Waals surface area contributed by atoms with E-state index in [2.05, 4.69) is 6.92 Å². The molecule has 18 heavy (non-hydrogen) atoms. The molecule has 2 atom stereocenters. The van der Waals surface area contributed by atoms with Gasteiger partial charge < -0.3 is 10.5 Å². The van der Waals surface area contributed by atoms with Gasteiger partial charge in [0.15, 0.2) is 11.6 Å². The van der Waals surface area contributed by atoms with Crippen molar-refractivity contribution in [2.75, 3.05) is 7.11 Å². The van der Waals surface area contributed by atoms with Gasteiger partial charge in [-0.1, -0.05) is 38.3 Å². The fraction of sp³-hybridized carbons (Fsp3) is 0.600. The Morgan fingerprint density at radius 1 is 1.50 bits per heavy atom. The highest BCUT2D eigenvalue weighted by atomic mass is 19.1. The lowest BCUT2D eigenvalue weighted by molar-refractivity contribution is 0.214. The summed E-state index contributed by atoms with van der Waals surface area (Å²) in [7, 11) is 1.49. The molecule has 1 aromatic rings. The summed E-state index contributed by atoms with van der Waals surface area (Å²) in [6.45, 7) is 2.18. The van der Waals surface area contributed by atoms with Crippen LogP contribution in [0.4, 0.5) is 4.39 Å². The van der Waals surface area contributed by atoms with Gasteiger partial charge in [0, 0.05) is 11.1 Å². The van der Waals surface area contributed by atoms with Crippen molar-refractivity contribution in [3.63, 3.8) is 0 Å². The Hall–Kier alpha value is -1.09. The first kappa shape index (κ1) is 13.3. The topological polar surface area (TPSA) is 35.2 Å². The van der Waals surface area contributed by atoms with Crippen LogP contribution in [0.5, 0.6) is 5.75 Å². The van der Waals surface area contributed by atoms with Gasteiger partial charge in [0.2, 0.25) is 0 Å². The largest absolute Gasteiger partial charge is 0.494 e. The number of rotatable bonds is 3. The van der Waals surface area contributed by atoms with Gasteiger partial charge in [0.25, 0.3) is 0 Å². The number of hydrogen-bond acceptors (Lipinski definition) is 2. The minimum absolute atomic E-state index is 0.288. The van der Waals surface area contributed by atoms with Gasteiger partial charge in [0.1, 0.15) is 0 Å². The Morgan fingerprint density at radius 2 is 2.28 bits per heavy atom. The predicted molar refractivity (Wildman–Crippen MR) is 71.1 cm³/mol. The predicted octanol–water partition coefficient (Wildman–Crippen LogP) is 3.59. The second-order valence-electron chi connectivity index (χ2n) is 5.35. The Morgan fingerprint density at radius 3 is 2.94 bits per heavy atom. The molecule has 0 amide bonds. The van der Waals surface area contributed by atoms with E-state index in [4.69, 9.17) is 10.5 Å². The molecule has 0 bridgehead atoms. The van der Waals surface area contributed by atoms with Gasteiger partial charge in [-0.2, -0.15) is 0 Å². The molecule has 1 aliphatic carbocycles. The van der Waals surface area contributed by atoms with E-state index in [0.29, 0.717) is 11.5 Å². The first-order valence-corrected chi connectivity index (χ1v) is 6.72. The molecule has 2 unspecified atom stereocenters. The summed E-state index contributed by atoms with van der Waals surface area (Å²) < 4.78 is 19.4. The molecule has 0 aromatic heterocycles. The fourth-order valence-electron chi connectivity index (χ4n) is 3.07. The van der Waals surface area contributed by atoms with Gasteiger partial charge in [-0.3, -0.25) is 0 Å². The van der Waals surface area contributed by atoms with Crippen molar-refractivity contribution in [2.45, 2.75) is 44.6 Å². The molecule has 0 heterocycles. The summed E-state index contributed by atoms with van der Waals surface area (Å²) in [4.78, 5) is 0. The minimum atomic E-state index is -0.530. The fourth-order valence-corrected chi connectivity index (χ4v) is 3.07. The van der Waals surface area contributed by atoms with E-state index in [1.165, 1.54) is 13.5 Å². The Bertz CT molecular complexity index is 421. The average molecular weight is 251 g/mol. The molecule has 2 N–H and O–H groups in total. The molecule has 0 aliphatic heterocycles. The second-order valence-corrected chi connectivity index (χ2v) is 5.35. The van der Waals surface area contributed by atoms with E-state index in [9.17, 15) is 4.39 Å². The molecule has 0 radical (unpaired) electrons. The second kappa shape index (κ2) is 5.27. The highest BCUT2D eigenvalue weighted by Gasteiger charge is 2.36. The van der Waals surface area contributed by atoms with E-state index < -0.39 is 5.54 Å². The van der Waals surface area contributed by atoms with Crippen LogP contribution in [0.2, 0.25) is 0 Å². The summed E-state index contributed by atoms with van der Waals surface area (Å²) in [6, 6.07) is 5.26. The minimum Gasteiger partial charge on any atom is -0.494 e. The molecule has 2 nitrogen and oxygen atoms in total. The van der Waals surface area contributed by atoms with Crippen molar-refractivity contribution in [2.24, 2.45) is 11.7 Å². The van der Waals surface area contributed by atoms with Crippen LogP contribution >= 0.6 is 0 Å². The van der Waals surface area contributed by atoms with Crippen molar-refractivity contribution in [3.05, 3.63) is 29.6 Å². The lowest BCUT2D eigenvalue weighted by atomic mass is 9.71. The molecule has 0 spiro atoms. The summed E-state index contributed by atoms with van der Waals surface area (Å²) in [6.07, 6.45) is 5.12. The van der Waals surface area contributed by atoms with Crippen molar-refractivity contribution in [1.29, 1.82) is 0 Å². The Labute approximate surface area is 108 Å². The molecular formula is C15H22FNO. The molecule has 1 aromatic carbocycles. The van der Waals surface area contributed by atoms with E-state index in [1.54, 1.807) is 12.1 Å². The molecule has 0 saturated heterocycles. The van der Waals surface area contributed by atoms with Crippen LogP contribution in [-0.4, -0.2) is 7.11 Å². The molecule has 2 rings (SSSR count). The molecule has 1 aliphatic rings. The number of ether oxygens (including phenoxy) is 1. The van der Waals surface area contributed by atoms with Crippen molar-refractivity contribution in [3.8, 4) is 5.75 Å². The first-order chi connectivity index (χ1) is 8.60. The molecular weight excluding hydrogens is 229 g/mol. The highest BCUT2D eigenvalue weighted by Crippen LogP contribution is 2.41.